The van der Waals surface area contributed by atoms with Crippen molar-refractivity contribution >= 4 is 42.1 Å². The van der Waals surface area contributed by atoms with Crippen LogP contribution < -0.4 is 15.5 Å². The van der Waals surface area contributed by atoms with Gasteiger partial charge in [0.05, 0.1) is 11.4 Å². The van der Waals surface area contributed by atoms with E-state index in [9.17, 15) is 4.79 Å². The molecule has 2 aliphatic heterocycles. The standard InChI is InChI=1S/C19H29N3O.2ClH/c23-19(10-9-16-11-12-20-15-16)21-17-7-3-4-8-18(17)22-13-5-1-2-6-14-22;;/h3-4,7-8,16,20H,1-2,5-6,9-15H2,(H,21,23);2*1H. The number of hydrogen-bond acceptors (Lipinski definition) is 3. The van der Waals surface area contributed by atoms with E-state index in [0.717, 1.165) is 38.3 Å². The first-order valence-electron chi connectivity index (χ1n) is 9.17. The highest BCUT2D eigenvalue weighted by molar-refractivity contribution is 5.94. The SMILES string of the molecule is Cl.Cl.O=C(CCC1CCNC1)Nc1ccccc1N1CCCCCC1. The molecule has 0 saturated carbocycles. The molecule has 1 aromatic carbocycles. The number of carbonyl (C=O) groups excluding carboxylic acids is 1. The average molecular weight is 388 g/mol. The Morgan fingerprint density at radius 3 is 2.52 bits per heavy atom. The summed E-state index contributed by atoms with van der Waals surface area (Å²) in [7, 11) is 0. The number of nitrogens with zero attached hydrogens (tertiary/aromatic N) is 1. The molecule has 0 spiro atoms. The number of rotatable bonds is 5. The van der Waals surface area contributed by atoms with Crippen molar-refractivity contribution in [2.24, 2.45) is 5.92 Å². The Hall–Kier alpha value is -0.970. The van der Waals surface area contributed by atoms with Crippen molar-refractivity contribution in [3.63, 3.8) is 0 Å². The van der Waals surface area contributed by atoms with Crippen LogP contribution in [-0.2, 0) is 4.79 Å². The quantitative estimate of drug-likeness (QED) is 0.793. The molecular weight excluding hydrogens is 357 g/mol. The predicted molar refractivity (Wildman–Crippen MR) is 110 cm³/mol. The van der Waals surface area contributed by atoms with E-state index in [2.05, 4.69) is 27.7 Å². The molecule has 1 aromatic rings. The van der Waals surface area contributed by atoms with Crippen molar-refractivity contribution in [3.05, 3.63) is 24.3 Å². The highest BCUT2D eigenvalue weighted by Crippen LogP contribution is 2.28. The second-order valence-electron chi connectivity index (χ2n) is 6.86. The van der Waals surface area contributed by atoms with E-state index in [1.54, 1.807) is 0 Å². The first-order chi connectivity index (χ1) is 11.3. The van der Waals surface area contributed by atoms with Crippen LogP contribution in [0.25, 0.3) is 0 Å². The fraction of sp³-hybridized carbons (Fsp3) is 0.632. The van der Waals surface area contributed by atoms with Gasteiger partial charge in [-0.25, -0.2) is 0 Å². The number of nitrogens with one attached hydrogen (secondary N) is 2. The summed E-state index contributed by atoms with van der Waals surface area (Å²) in [5, 5.41) is 6.52. The summed E-state index contributed by atoms with van der Waals surface area (Å²) in [4.78, 5) is 14.8. The van der Waals surface area contributed by atoms with Crippen LogP contribution in [0.5, 0.6) is 0 Å². The third-order valence-electron chi connectivity index (χ3n) is 5.07. The molecule has 1 amide bonds. The third-order valence-corrected chi connectivity index (χ3v) is 5.07. The minimum atomic E-state index is 0. The number of amides is 1. The van der Waals surface area contributed by atoms with Gasteiger partial charge in [0.15, 0.2) is 0 Å². The zero-order valence-corrected chi connectivity index (χ0v) is 16.5. The summed E-state index contributed by atoms with van der Waals surface area (Å²) >= 11 is 0. The maximum Gasteiger partial charge on any atom is 0.224 e. The molecular formula is C19H31Cl2N3O. The maximum absolute atomic E-state index is 12.3. The summed E-state index contributed by atoms with van der Waals surface area (Å²) in [5.74, 6) is 0.820. The summed E-state index contributed by atoms with van der Waals surface area (Å²) in [6.45, 7) is 4.36. The van der Waals surface area contributed by atoms with Crippen molar-refractivity contribution in [1.29, 1.82) is 0 Å². The van der Waals surface area contributed by atoms with Gasteiger partial charge in [0, 0.05) is 19.5 Å². The van der Waals surface area contributed by atoms with Gasteiger partial charge in [-0.3, -0.25) is 4.79 Å². The van der Waals surface area contributed by atoms with Crippen LogP contribution in [0.2, 0.25) is 0 Å². The third kappa shape index (κ3) is 6.69. The van der Waals surface area contributed by atoms with E-state index in [0.29, 0.717) is 12.3 Å². The molecule has 4 nitrogen and oxygen atoms in total. The Balaban J connectivity index is 0.00000156. The normalized spacial score (nSPS) is 20.2. The van der Waals surface area contributed by atoms with Crippen molar-refractivity contribution in [2.45, 2.75) is 44.9 Å². The molecule has 2 saturated heterocycles. The zero-order valence-electron chi connectivity index (χ0n) is 14.8. The Morgan fingerprint density at radius 1 is 1.12 bits per heavy atom. The van der Waals surface area contributed by atoms with Gasteiger partial charge in [0.25, 0.3) is 0 Å². The molecule has 142 valence electrons. The lowest BCUT2D eigenvalue weighted by Gasteiger charge is -2.25. The minimum Gasteiger partial charge on any atom is -0.370 e. The molecule has 1 atom stereocenters. The molecule has 25 heavy (non-hydrogen) atoms. The van der Waals surface area contributed by atoms with Crippen LogP contribution in [0.15, 0.2) is 24.3 Å². The summed E-state index contributed by atoms with van der Waals surface area (Å²) in [5.41, 5.74) is 2.16. The summed E-state index contributed by atoms with van der Waals surface area (Å²) in [6.07, 6.45) is 7.96. The van der Waals surface area contributed by atoms with Crippen LogP contribution in [0, 0.1) is 5.92 Å². The van der Waals surface area contributed by atoms with Gasteiger partial charge in [0.1, 0.15) is 0 Å². The van der Waals surface area contributed by atoms with E-state index in [-0.39, 0.29) is 30.7 Å². The molecule has 0 radical (unpaired) electrons. The molecule has 2 fully saturated rings. The topological polar surface area (TPSA) is 44.4 Å². The van der Waals surface area contributed by atoms with Crippen LogP contribution in [0.4, 0.5) is 11.4 Å². The first-order valence-corrected chi connectivity index (χ1v) is 9.17. The zero-order chi connectivity index (χ0) is 15.9. The first kappa shape index (κ1) is 22.1. The van der Waals surface area contributed by atoms with E-state index in [1.165, 1.54) is 37.8 Å². The second kappa shape index (κ2) is 11.6. The average Bonchev–Trinajstić information content (AvgIpc) is 2.95. The van der Waals surface area contributed by atoms with E-state index in [1.807, 2.05) is 12.1 Å². The Bertz CT molecular complexity index is 513. The highest BCUT2D eigenvalue weighted by atomic mass is 35.5. The molecule has 0 bridgehead atoms. The van der Waals surface area contributed by atoms with Crippen molar-refractivity contribution < 1.29 is 4.79 Å². The molecule has 6 heteroatoms. The number of anilines is 2. The fourth-order valence-corrected chi connectivity index (χ4v) is 3.68. The van der Waals surface area contributed by atoms with Crippen LogP contribution in [0.3, 0.4) is 0 Å². The number of benzene rings is 1. The fourth-order valence-electron chi connectivity index (χ4n) is 3.68. The number of para-hydroxylation sites is 2. The van der Waals surface area contributed by atoms with Gasteiger partial charge >= 0.3 is 0 Å². The van der Waals surface area contributed by atoms with Crippen LogP contribution in [0.1, 0.15) is 44.9 Å². The lowest BCUT2D eigenvalue weighted by molar-refractivity contribution is -0.116. The molecule has 2 heterocycles. The molecule has 3 rings (SSSR count). The van der Waals surface area contributed by atoms with Gasteiger partial charge < -0.3 is 15.5 Å². The predicted octanol–water partition coefficient (Wildman–Crippen LogP) is 4.24. The largest absolute Gasteiger partial charge is 0.370 e. The van der Waals surface area contributed by atoms with Gasteiger partial charge in [-0.15, -0.1) is 24.8 Å². The van der Waals surface area contributed by atoms with Gasteiger partial charge in [-0.05, 0) is 56.8 Å². The van der Waals surface area contributed by atoms with Crippen molar-refractivity contribution in [3.8, 4) is 0 Å². The van der Waals surface area contributed by atoms with E-state index in [4.69, 9.17) is 0 Å². The minimum absolute atomic E-state index is 0. The Kier molecular flexibility index (Phi) is 10.2. The molecule has 2 aliphatic rings. The monoisotopic (exact) mass is 387 g/mol. The molecule has 0 aliphatic carbocycles. The van der Waals surface area contributed by atoms with E-state index >= 15 is 0 Å². The van der Waals surface area contributed by atoms with Gasteiger partial charge in [-0.2, -0.15) is 0 Å². The lowest BCUT2D eigenvalue weighted by Crippen LogP contribution is -2.25. The van der Waals surface area contributed by atoms with Crippen molar-refractivity contribution in [1.82, 2.24) is 5.32 Å². The Morgan fingerprint density at radius 2 is 1.84 bits per heavy atom. The molecule has 0 aromatic heterocycles. The maximum atomic E-state index is 12.3. The second-order valence-corrected chi connectivity index (χ2v) is 6.86. The Labute approximate surface area is 163 Å². The summed E-state index contributed by atoms with van der Waals surface area (Å²) < 4.78 is 0. The van der Waals surface area contributed by atoms with Gasteiger partial charge in [0.2, 0.25) is 5.91 Å². The lowest BCUT2D eigenvalue weighted by atomic mass is 10.0. The molecule has 2 N–H and O–H groups in total. The summed E-state index contributed by atoms with van der Waals surface area (Å²) in [6, 6.07) is 8.26. The van der Waals surface area contributed by atoms with Crippen molar-refractivity contribution in [2.75, 3.05) is 36.4 Å². The highest BCUT2D eigenvalue weighted by Gasteiger charge is 2.17. The van der Waals surface area contributed by atoms with Gasteiger partial charge in [-0.1, -0.05) is 25.0 Å². The number of hydrogen-bond donors (Lipinski definition) is 2. The molecule has 1 unspecified atom stereocenters. The van der Waals surface area contributed by atoms with Crippen LogP contribution in [-0.4, -0.2) is 32.1 Å². The number of carbonyl (C=O) groups is 1. The smallest absolute Gasteiger partial charge is 0.224 e. The van der Waals surface area contributed by atoms with E-state index < -0.39 is 0 Å². The van der Waals surface area contributed by atoms with Crippen LogP contribution >= 0.6 is 24.8 Å². The number of halogens is 2.